The van der Waals surface area contributed by atoms with Gasteiger partial charge in [-0.2, -0.15) is 0 Å². The summed E-state index contributed by atoms with van der Waals surface area (Å²) in [6, 6.07) is 2.05. The quantitative estimate of drug-likeness (QED) is 0.805. The summed E-state index contributed by atoms with van der Waals surface area (Å²) in [4.78, 5) is 13.6. The van der Waals surface area contributed by atoms with Gasteiger partial charge in [0, 0.05) is 25.7 Å². The number of fused-ring (bicyclic) bond motifs is 1. The fourth-order valence-corrected chi connectivity index (χ4v) is 2.63. The first-order valence-electron chi connectivity index (χ1n) is 6.26. The number of ether oxygens (including phenoxy) is 1. The third-order valence-corrected chi connectivity index (χ3v) is 3.47. The molecule has 0 aliphatic carbocycles. The number of nitrogens with zero attached hydrogens (tertiary/aromatic N) is 2. The lowest BCUT2D eigenvalue weighted by atomic mass is 10.0. The zero-order valence-electron chi connectivity index (χ0n) is 10.4. The van der Waals surface area contributed by atoms with Gasteiger partial charge < -0.3 is 14.6 Å². The van der Waals surface area contributed by atoms with Crippen LogP contribution in [-0.4, -0.2) is 47.8 Å². The number of carbonyl (C=O) groups excluding carboxylic acids is 1. The maximum atomic E-state index is 11.3. The van der Waals surface area contributed by atoms with Gasteiger partial charge in [0.1, 0.15) is 12.4 Å². The normalized spacial score (nSPS) is 28.8. The van der Waals surface area contributed by atoms with Crippen LogP contribution in [0.5, 0.6) is 0 Å². The van der Waals surface area contributed by atoms with Crippen LogP contribution < -0.4 is 5.32 Å². The number of carbonyl (C=O) groups is 1. The van der Waals surface area contributed by atoms with E-state index in [1.807, 2.05) is 13.0 Å². The van der Waals surface area contributed by atoms with Crippen molar-refractivity contribution in [2.24, 2.45) is 0 Å². The molecule has 18 heavy (non-hydrogen) atoms. The number of piperidine rings is 1. The predicted octanol–water partition coefficient (Wildman–Crippen LogP) is 0.0723. The van der Waals surface area contributed by atoms with Crippen molar-refractivity contribution in [2.45, 2.75) is 32.0 Å². The maximum Gasteiger partial charge on any atom is 0.246 e. The number of nitrogens with one attached hydrogen (secondary N) is 1. The van der Waals surface area contributed by atoms with Crippen LogP contribution in [0.1, 0.15) is 17.9 Å². The number of aryl methyl sites for hydroxylation is 1. The molecule has 1 aromatic rings. The Kier molecular flexibility index (Phi) is 3.05. The largest absolute Gasteiger partial charge is 0.366 e. The Balaban J connectivity index is 1.60. The molecule has 2 atom stereocenters. The third-order valence-electron chi connectivity index (χ3n) is 3.47. The summed E-state index contributed by atoms with van der Waals surface area (Å²) in [7, 11) is 0. The van der Waals surface area contributed by atoms with E-state index in [9.17, 15) is 4.79 Å². The third kappa shape index (κ3) is 2.39. The van der Waals surface area contributed by atoms with Crippen LogP contribution in [0.25, 0.3) is 0 Å². The lowest BCUT2D eigenvalue weighted by Gasteiger charge is -2.40. The first kappa shape index (κ1) is 11.7. The van der Waals surface area contributed by atoms with E-state index in [0.29, 0.717) is 0 Å². The molecule has 1 N–H and O–H groups in total. The van der Waals surface area contributed by atoms with Crippen molar-refractivity contribution in [3.8, 4) is 0 Å². The highest BCUT2D eigenvalue weighted by Crippen LogP contribution is 2.19. The van der Waals surface area contributed by atoms with Crippen LogP contribution >= 0.6 is 0 Å². The van der Waals surface area contributed by atoms with E-state index in [1.165, 1.54) is 0 Å². The molecule has 2 fully saturated rings. The van der Waals surface area contributed by atoms with Gasteiger partial charge in [-0.1, -0.05) is 5.16 Å². The van der Waals surface area contributed by atoms with Crippen LogP contribution in [0.3, 0.4) is 0 Å². The summed E-state index contributed by atoms with van der Waals surface area (Å²) in [5, 5.41) is 6.98. The highest BCUT2D eigenvalue weighted by Gasteiger charge is 2.34. The van der Waals surface area contributed by atoms with E-state index in [-0.39, 0.29) is 24.7 Å². The van der Waals surface area contributed by atoms with Crippen molar-refractivity contribution in [1.29, 1.82) is 0 Å². The van der Waals surface area contributed by atoms with Gasteiger partial charge in [-0.15, -0.1) is 0 Å². The summed E-state index contributed by atoms with van der Waals surface area (Å²) in [6.07, 6.45) is 1.11. The fourth-order valence-electron chi connectivity index (χ4n) is 2.63. The lowest BCUT2D eigenvalue weighted by molar-refractivity contribution is -0.140. The average Bonchev–Trinajstić information content (AvgIpc) is 2.74. The highest BCUT2D eigenvalue weighted by atomic mass is 16.5. The molecule has 0 spiro atoms. The van der Waals surface area contributed by atoms with Crippen LogP contribution in [0.15, 0.2) is 10.6 Å². The van der Waals surface area contributed by atoms with Crippen LogP contribution in [0.2, 0.25) is 0 Å². The number of rotatable bonds is 2. The topological polar surface area (TPSA) is 67.6 Å². The first-order valence-corrected chi connectivity index (χ1v) is 6.26. The lowest BCUT2D eigenvalue weighted by Crippen LogP contribution is -2.60. The number of amides is 1. The summed E-state index contributed by atoms with van der Waals surface area (Å²) in [5.41, 5.74) is 0.939. The molecule has 2 aliphatic heterocycles. The molecular weight excluding hydrogens is 234 g/mol. The molecule has 1 aromatic heterocycles. The Bertz CT molecular complexity index is 446. The van der Waals surface area contributed by atoms with Crippen LogP contribution in [0, 0.1) is 6.92 Å². The minimum Gasteiger partial charge on any atom is -0.366 e. The number of aromatic nitrogens is 1. The first-order chi connectivity index (χ1) is 8.70. The standard InChI is InChI=1S/C12H17N3O3/c1-8-4-9(14-18-8)5-15-3-2-11-10(6-15)13-12(16)7-17-11/h4,10-11H,2-3,5-7H2,1H3,(H,13,16)/t10-,11+/m0/s1. The Hall–Kier alpha value is -1.40. The molecule has 3 rings (SSSR count). The monoisotopic (exact) mass is 251 g/mol. The second kappa shape index (κ2) is 4.70. The summed E-state index contributed by atoms with van der Waals surface area (Å²) >= 11 is 0. The van der Waals surface area contributed by atoms with E-state index in [1.54, 1.807) is 0 Å². The van der Waals surface area contributed by atoms with Gasteiger partial charge in [0.25, 0.3) is 0 Å². The average molecular weight is 251 g/mol. The van der Waals surface area contributed by atoms with Gasteiger partial charge in [0.15, 0.2) is 0 Å². The fraction of sp³-hybridized carbons (Fsp3) is 0.667. The predicted molar refractivity (Wildman–Crippen MR) is 62.8 cm³/mol. The second-order valence-corrected chi connectivity index (χ2v) is 4.98. The number of morpholine rings is 1. The Morgan fingerprint density at radius 3 is 3.28 bits per heavy atom. The van der Waals surface area contributed by atoms with E-state index in [4.69, 9.17) is 9.26 Å². The van der Waals surface area contributed by atoms with Crippen molar-refractivity contribution in [2.75, 3.05) is 19.7 Å². The zero-order valence-corrected chi connectivity index (χ0v) is 10.4. The van der Waals surface area contributed by atoms with Gasteiger partial charge in [-0.05, 0) is 13.3 Å². The Labute approximate surface area is 105 Å². The highest BCUT2D eigenvalue weighted by molar-refractivity contribution is 5.78. The summed E-state index contributed by atoms with van der Waals surface area (Å²) in [6.45, 7) is 4.61. The molecule has 98 valence electrons. The van der Waals surface area contributed by atoms with E-state index >= 15 is 0 Å². The van der Waals surface area contributed by atoms with E-state index in [2.05, 4.69) is 15.4 Å². The van der Waals surface area contributed by atoms with Crippen molar-refractivity contribution < 1.29 is 14.1 Å². The van der Waals surface area contributed by atoms with Crippen LogP contribution in [0.4, 0.5) is 0 Å². The van der Waals surface area contributed by atoms with Gasteiger partial charge in [-0.25, -0.2) is 0 Å². The molecule has 6 heteroatoms. The number of hydrogen-bond acceptors (Lipinski definition) is 5. The summed E-state index contributed by atoms with van der Waals surface area (Å²) < 4.78 is 10.6. The smallest absolute Gasteiger partial charge is 0.246 e. The SMILES string of the molecule is Cc1cc(CN2CC[C@H]3OCC(=O)N[C@H]3C2)no1. The number of hydrogen-bond donors (Lipinski definition) is 1. The van der Waals surface area contributed by atoms with Gasteiger partial charge in [-0.3, -0.25) is 9.69 Å². The van der Waals surface area contributed by atoms with Crippen molar-refractivity contribution in [1.82, 2.24) is 15.4 Å². The maximum absolute atomic E-state index is 11.3. The van der Waals surface area contributed by atoms with Crippen molar-refractivity contribution >= 4 is 5.91 Å². The molecule has 0 radical (unpaired) electrons. The molecule has 2 aliphatic rings. The van der Waals surface area contributed by atoms with Gasteiger partial charge >= 0.3 is 0 Å². The Morgan fingerprint density at radius 2 is 2.50 bits per heavy atom. The van der Waals surface area contributed by atoms with Crippen molar-refractivity contribution in [3.63, 3.8) is 0 Å². The molecule has 1 amide bonds. The second-order valence-electron chi connectivity index (χ2n) is 4.98. The van der Waals surface area contributed by atoms with Gasteiger partial charge in [0.05, 0.1) is 17.8 Å². The zero-order chi connectivity index (χ0) is 12.5. The molecular formula is C12H17N3O3. The molecule has 6 nitrogen and oxygen atoms in total. The minimum atomic E-state index is -0.0182. The molecule has 0 bridgehead atoms. The molecule has 0 saturated carbocycles. The Morgan fingerprint density at radius 1 is 1.61 bits per heavy atom. The number of likely N-dealkylation sites (tertiary alicyclic amines) is 1. The minimum absolute atomic E-state index is 0.0182. The van der Waals surface area contributed by atoms with Gasteiger partial charge in [0.2, 0.25) is 5.91 Å². The van der Waals surface area contributed by atoms with E-state index in [0.717, 1.165) is 37.5 Å². The van der Waals surface area contributed by atoms with Crippen molar-refractivity contribution in [3.05, 3.63) is 17.5 Å². The molecule has 0 unspecified atom stereocenters. The van der Waals surface area contributed by atoms with Crippen LogP contribution in [-0.2, 0) is 16.1 Å². The summed E-state index contributed by atoms with van der Waals surface area (Å²) in [5.74, 6) is 0.810. The molecule has 3 heterocycles. The molecule has 2 saturated heterocycles. The molecule has 0 aromatic carbocycles. The van der Waals surface area contributed by atoms with E-state index < -0.39 is 0 Å².